The van der Waals surface area contributed by atoms with Crippen molar-refractivity contribution in [1.82, 2.24) is 5.32 Å². The monoisotopic (exact) mass is 379 g/mol. The molecule has 0 saturated heterocycles. The van der Waals surface area contributed by atoms with E-state index in [4.69, 9.17) is 0 Å². The Morgan fingerprint density at radius 2 is 2.27 bits per heavy atom. The van der Waals surface area contributed by atoms with Crippen molar-refractivity contribution in [1.29, 1.82) is 0 Å². The molecule has 1 unspecified atom stereocenters. The fraction of sp³-hybridized carbons (Fsp3) is 0.333. The molecule has 0 saturated carbocycles. The summed E-state index contributed by atoms with van der Waals surface area (Å²) in [7, 11) is 0. The third kappa shape index (κ3) is 3.57. The van der Waals surface area contributed by atoms with Crippen molar-refractivity contribution in [2.75, 3.05) is 6.54 Å². The van der Waals surface area contributed by atoms with Crippen LogP contribution in [0.5, 0.6) is 0 Å². The van der Waals surface area contributed by atoms with E-state index in [1.54, 1.807) is 0 Å². The first-order chi connectivity index (χ1) is 7.06. The summed E-state index contributed by atoms with van der Waals surface area (Å²) < 4.78 is 2.38. The Morgan fingerprint density at radius 1 is 1.60 bits per heavy atom. The molecule has 1 nitrogen and oxygen atoms in total. The van der Waals surface area contributed by atoms with Crippen LogP contribution >= 0.6 is 38.5 Å². The fourth-order valence-electron chi connectivity index (χ4n) is 1.49. The summed E-state index contributed by atoms with van der Waals surface area (Å²) in [6.45, 7) is 9.14. The number of nitrogens with one attached hydrogen (secondary N) is 1. The zero-order valence-corrected chi connectivity index (χ0v) is 12.7. The van der Waals surface area contributed by atoms with E-state index in [9.17, 15) is 0 Å². The van der Waals surface area contributed by atoms with Gasteiger partial charge in [0.25, 0.3) is 0 Å². The summed E-state index contributed by atoms with van der Waals surface area (Å²) in [6, 6.07) is 6.60. The van der Waals surface area contributed by atoms with Crippen LogP contribution in [0.2, 0.25) is 0 Å². The molecule has 0 aromatic heterocycles. The standard InChI is InChI=1S/C12H15BrIN/c1-4-15-12(8(2)3)10-7-9(14)5-6-11(10)13/h5-7,12,15H,2,4H2,1,3H3. The zero-order chi connectivity index (χ0) is 11.4. The first kappa shape index (κ1) is 13.2. The minimum atomic E-state index is 0.235. The second-order valence-corrected chi connectivity index (χ2v) is 5.60. The summed E-state index contributed by atoms with van der Waals surface area (Å²) in [5.74, 6) is 0. The van der Waals surface area contributed by atoms with E-state index in [-0.39, 0.29) is 6.04 Å². The Labute approximate surface area is 114 Å². The van der Waals surface area contributed by atoms with Gasteiger partial charge in [-0.1, -0.05) is 35.0 Å². The zero-order valence-electron chi connectivity index (χ0n) is 8.98. The number of benzene rings is 1. The van der Waals surface area contributed by atoms with Crippen molar-refractivity contribution in [2.45, 2.75) is 19.9 Å². The van der Waals surface area contributed by atoms with Gasteiger partial charge in [-0.2, -0.15) is 0 Å². The Morgan fingerprint density at radius 3 is 2.80 bits per heavy atom. The summed E-state index contributed by atoms with van der Waals surface area (Å²) in [6.07, 6.45) is 0. The van der Waals surface area contributed by atoms with Gasteiger partial charge in [-0.25, -0.2) is 0 Å². The van der Waals surface area contributed by atoms with Crippen LogP contribution in [0.25, 0.3) is 0 Å². The van der Waals surface area contributed by atoms with Crippen LogP contribution < -0.4 is 5.32 Å². The predicted octanol–water partition coefficient (Wildman–Crippen LogP) is 4.28. The van der Waals surface area contributed by atoms with Gasteiger partial charge in [-0.3, -0.25) is 0 Å². The van der Waals surface area contributed by atoms with Gasteiger partial charge in [-0.05, 0) is 59.8 Å². The maximum absolute atomic E-state index is 4.04. The van der Waals surface area contributed by atoms with Crippen molar-refractivity contribution in [3.05, 3.63) is 44.0 Å². The number of rotatable bonds is 4. The number of likely N-dealkylation sites (N-methyl/N-ethyl adjacent to an activating group) is 1. The van der Waals surface area contributed by atoms with Crippen molar-refractivity contribution in [3.8, 4) is 0 Å². The van der Waals surface area contributed by atoms with E-state index in [0.29, 0.717) is 0 Å². The van der Waals surface area contributed by atoms with Crippen LogP contribution in [0.15, 0.2) is 34.8 Å². The highest BCUT2D eigenvalue weighted by Crippen LogP contribution is 2.29. The molecule has 0 radical (unpaired) electrons. The van der Waals surface area contributed by atoms with Crippen LogP contribution in [0.1, 0.15) is 25.5 Å². The van der Waals surface area contributed by atoms with E-state index in [0.717, 1.165) is 16.6 Å². The Kier molecular flexibility index (Phi) is 5.29. The first-order valence-corrected chi connectivity index (χ1v) is 6.77. The van der Waals surface area contributed by atoms with Crippen LogP contribution in [0.3, 0.4) is 0 Å². The molecule has 1 aromatic rings. The predicted molar refractivity (Wildman–Crippen MR) is 78.1 cm³/mol. The average Bonchev–Trinajstić information content (AvgIpc) is 2.18. The van der Waals surface area contributed by atoms with E-state index in [2.05, 4.69) is 82.5 Å². The molecule has 1 atom stereocenters. The van der Waals surface area contributed by atoms with Gasteiger partial charge in [0.15, 0.2) is 0 Å². The van der Waals surface area contributed by atoms with Gasteiger partial charge in [0.05, 0.1) is 6.04 Å². The van der Waals surface area contributed by atoms with E-state index < -0.39 is 0 Å². The third-order valence-electron chi connectivity index (χ3n) is 2.17. The average molecular weight is 380 g/mol. The molecule has 0 spiro atoms. The van der Waals surface area contributed by atoms with Crippen LogP contribution in [0.4, 0.5) is 0 Å². The van der Waals surface area contributed by atoms with E-state index in [1.165, 1.54) is 9.13 Å². The minimum absolute atomic E-state index is 0.235. The second-order valence-electron chi connectivity index (χ2n) is 3.50. The molecule has 0 aliphatic carbocycles. The molecule has 0 amide bonds. The maximum Gasteiger partial charge on any atom is 0.0542 e. The smallest absolute Gasteiger partial charge is 0.0542 e. The maximum atomic E-state index is 4.04. The number of halogens is 2. The molecule has 82 valence electrons. The minimum Gasteiger partial charge on any atom is -0.307 e. The Bertz CT molecular complexity index is 363. The highest BCUT2D eigenvalue weighted by molar-refractivity contribution is 14.1. The molecule has 3 heteroatoms. The number of hydrogen-bond acceptors (Lipinski definition) is 1. The highest BCUT2D eigenvalue weighted by atomic mass is 127. The third-order valence-corrected chi connectivity index (χ3v) is 3.56. The Hall–Kier alpha value is 0.130. The normalized spacial score (nSPS) is 12.5. The summed E-state index contributed by atoms with van der Waals surface area (Å²) in [5, 5.41) is 3.43. The quantitative estimate of drug-likeness (QED) is 0.608. The van der Waals surface area contributed by atoms with Crippen LogP contribution in [-0.2, 0) is 0 Å². The van der Waals surface area contributed by atoms with Gasteiger partial charge >= 0.3 is 0 Å². The SMILES string of the molecule is C=C(C)C(NCC)c1cc(I)ccc1Br. The fourth-order valence-corrected chi connectivity index (χ4v) is 2.48. The molecule has 0 heterocycles. The second kappa shape index (κ2) is 6.01. The molecule has 15 heavy (non-hydrogen) atoms. The Balaban J connectivity index is 3.09. The summed E-state index contributed by atoms with van der Waals surface area (Å²) in [5.41, 5.74) is 2.40. The molecule has 0 bridgehead atoms. The molecule has 0 fully saturated rings. The van der Waals surface area contributed by atoms with Crippen molar-refractivity contribution >= 4 is 38.5 Å². The molecule has 1 aromatic carbocycles. The molecule has 1 rings (SSSR count). The first-order valence-electron chi connectivity index (χ1n) is 4.90. The lowest BCUT2D eigenvalue weighted by Gasteiger charge is -2.20. The largest absolute Gasteiger partial charge is 0.307 e. The molecule has 1 N–H and O–H groups in total. The van der Waals surface area contributed by atoms with Gasteiger partial charge in [0.2, 0.25) is 0 Å². The topological polar surface area (TPSA) is 12.0 Å². The van der Waals surface area contributed by atoms with E-state index >= 15 is 0 Å². The number of hydrogen-bond donors (Lipinski definition) is 1. The summed E-state index contributed by atoms with van der Waals surface area (Å²) >= 11 is 5.91. The van der Waals surface area contributed by atoms with Gasteiger partial charge in [0.1, 0.15) is 0 Å². The van der Waals surface area contributed by atoms with Gasteiger partial charge < -0.3 is 5.32 Å². The molecule has 0 aliphatic rings. The van der Waals surface area contributed by atoms with E-state index in [1.807, 2.05) is 0 Å². The van der Waals surface area contributed by atoms with Gasteiger partial charge in [0, 0.05) is 8.04 Å². The molecule has 0 aliphatic heterocycles. The molecular formula is C12H15BrIN. The highest BCUT2D eigenvalue weighted by Gasteiger charge is 2.14. The lowest BCUT2D eigenvalue weighted by atomic mass is 10.0. The van der Waals surface area contributed by atoms with Crippen molar-refractivity contribution in [3.63, 3.8) is 0 Å². The van der Waals surface area contributed by atoms with Crippen LogP contribution in [0, 0.1) is 3.57 Å². The van der Waals surface area contributed by atoms with Crippen LogP contribution in [-0.4, -0.2) is 6.54 Å². The van der Waals surface area contributed by atoms with Crippen molar-refractivity contribution in [2.24, 2.45) is 0 Å². The lowest BCUT2D eigenvalue weighted by Crippen LogP contribution is -2.22. The summed E-state index contributed by atoms with van der Waals surface area (Å²) in [4.78, 5) is 0. The molecular weight excluding hydrogens is 365 g/mol. The van der Waals surface area contributed by atoms with Crippen molar-refractivity contribution < 1.29 is 0 Å². The lowest BCUT2D eigenvalue weighted by molar-refractivity contribution is 0.619. The van der Waals surface area contributed by atoms with Gasteiger partial charge in [-0.15, -0.1) is 0 Å².